The van der Waals surface area contributed by atoms with Crippen LogP contribution in [-0.2, 0) is 14.3 Å². The van der Waals surface area contributed by atoms with E-state index >= 15 is 0 Å². The van der Waals surface area contributed by atoms with E-state index in [1.165, 1.54) is 6.08 Å². The van der Waals surface area contributed by atoms with E-state index in [4.69, 9.17) is 10.5 Å². The van der Waals surface area contributed by atoms with Crippen molar-refractivity contribution in [2.75, 3.05) is 6.61 Å². The molecule has 3 rings (SSSR count). The van der Waals surface area contributed by atoms with Crippen LogP contribution in [-0.4, -0.2) is 24.4 Å². The molecule has 3 N–H and O–H groups in total. The molecule has 2 amide bonds. The Labute approximate surface area is 176 Å². The summed E-state index contributed by atoms with van der Waals surface area (Å²) in [7, 11) is 0. The number of carbonyl (C=O) groups is 3. The summed E-state index contributed by atoms with van der Waals surface area (Å²) < 4.78 is 6.04. The van der Waals surface area contributed by atoms with Crippen molar-refractivity contribution in [3.05, 3.63) is 88.4 Å². The number of ether oxygens (including phenoxy) is 1. The van der Waals surface area contributed by atoms with E-state index in [2.05, 4.69) is 27.8 Å². The molecule has 2 unspecified atom stereocenters. The highest BCUT2D eigenvalue weighted by Gasteiger charge is 2.39. The van der Waals surface area contributed by atoms with Crippen molar-refractivity contribution in [3.8, 4) is 0 Å². The summed E-state index contributed by atoms with van der Waals surface area (Å²) in [5, 5.41) is 2.77. The van der Waals surface area contributed by atoms with Gasteiger partial charge in [0.2, 0.25) is 11.8 Å². The van der Waals surface area contributed by atoms with E-state index in [1.807, 2.05) is 30.3 Å². The Morgan fingerprint density at radius 3 is 2.38 bits per heavy atom. The number of esters is 1. The van der Waals surface area contributed by atoms with Crippen LogP contribution in [0.1, 0.15) is 27.4 Å². The Morgan fingerprint density at radius 1 is 1.14 bits per heavy atom. The molecule has 0 radical (unpaired) electrons. The van der Waals surface area contributed by atoms with Crippen molar-refractivity contribution in [1.29, 1.82) is 0 Å². The first kappa shape index (κ1) is 20.5. The van der Waals surface area contributed by atoms with Crippen molar-refractivity contribution in [2.45, 2.75) is 5.92 Å². The number of amides is 2. The van der Waals surface area contributed by atoms with Crippen LogP contribution in [0.4, 0.5) is 0 Å². The molecule has 1 aliphatic heterocycles. The van der Waals surface area contributed by atoms with Gasteiger partial charge in [0.1, 0.15) is 12.5 Å². The average molecular weight is 455 g/mol. The topological polar surface area (TPSA) is 98.5 Å². The maximum absolute atomic E-state index is 12.8. The molecule has 29 heavy (non-hydrogen) atoms. The molecule has 1 aliphatic rings. The number of primary amides is 1. The van der Waals surface area contributed by atoms with Crippen LogP contribution in [0, 0.1) is 5.92 Å². The van der Waals surface area contributed by atoms with Gasteiger partial charge in [-0.3, -0.25) is 14.4 Å². The Kier molecular flexibility index (Phi) is 6.29. The smallest absolute Gasteiger partial charge is 0.319 e. The summed E-state index contributed by atoms with van der Waals surface area (Å²) >= 11 is 3.39. The number of allylic oxidation sites excluding steroid dienone is 1. The molecule has 0 bridgehead atoms. The molecule has 2 atom stereocenters. The van der Waals surface area contributed by atoms with Gasteiger partial charge < -0.3 is 15.8 Å². The third-order valence-corrected chi connectivity index (χ3v) is 5.11. The van der Waals surface area contributed by atoms with Crippen molar-refractivity contribution in [1.82, 2.24) is 5.32 Å². The van der Waals surface area contributed by atoms with Gasteiger partial charge in [-0.2, -0.15) is 0 Å². The SMILES string of the molecule is C=CCOC(=O)C1C(=O)NC(c2ccc(C(N)=O)cc2)=CC1c1ccc(Br)cc1. The summed E-state index contributed by atoms with van der Waals surface area (Å²) in [6.45, 7) is 3.56. The highest BCUT2D eigenvalue weighted by molar-refractivity contribution is 9.10. The molecule has 0 saturated heterocycles. The highest BCUT2D eigenvalue weighted by atomic mass is 79.9. The second-order valence-electron chi connectivity index (χ2n) is 6.48. The molecule has 6 nitrogen and oxygen atoms in total. The molecule has 0 aliphatic carbocycles. The zero-order valence-electron chi connectivity index (χ0n) is 15.4. The molecule has 2 aromatic rings. The largest absolute Gasteiger partial charge is 0.461 e. The standard InChI is InChI=1S/C22H19BrN2O4/c1-2-11-29-22(28)19-17(13-7-9-16(23)10-8-13)12-18(25-21(19)27)14-3-5-15(6-4-14)20(24)26/h2-10,12,17,19H,1,11H2,(H2,24,26)(H,25,27). The van der Waals surface area contributed by atoms with Crippen LogP contribution in [0.2, 0.25) is 0 Å². The molecule has 7 heteroatoms. The minimum atomic E-state index is -1.02. The van der Waals surface area contributed by atoms with Crippen LogP contribution in [0.15, 0.2) is 71.7 Å². The predicted molar refractivity (Wildman–Crippen MR) is 113 cm³/mol. The molecular formula is C22H19BrN2O4. The maximum atomic E-state index is 12.8. The van der Waals surface area contributed by atoms with Gasteiger partial charge in [-0.15, -0.1) is 0 Å². The average Bonchev–Trinajstić information content (AvgIpc) is 2.72. The number of hydrogen-bond donors (Lipinski definition) is 2. The maximum Gasteiger partial charge on any atom is 0.319 e. The number of halogens is 1. The summed E-state index contributed by atoms with van der Waals surface area (Å²) in [4.78, 5) is 36.7. The molecule has 0 fully saturated rings. The zero-order valence-corrected chi connectivity index (χ0v) is 17.0. The monoisotopic (exact) mass is 454 g/mol. The van der Waals surface area contributed by atoms with E-state index < -0.39 is 29.6 Å². The molecule has 0 spiro atoms. The molecule has 0 saturated carbocycles. The first-order valence-corrected chi connectivity index (χ1v) is 9.66. The van der Waals surface area contributed by atoms with Gasteiger partial charge >= 0.3 is 5.97 Å². The van der Waals surface area contributed by atoms with Crippen LogP contribution in [0.5, 0.6) is 0 Å². The van der Waals surface area contributed by atoms with Gasteiger partial charge in [0.25, 0.3) is 0 Å². The fraction of sp³-hybridized carbons (Fsp3) is 0.136. The van der Waals surface area contributed by atoms with E-state index in [9.17, 15) is 14.4 Å². The minimum Gasteiger partial charge on any atom is -0.461 e. The third-order valence-electron chi connectivity index (χ3n) is 4.58. The van der Waals surface area contributed by atoms with E-state index in [-0.39, 0.29) is 6.61 Å². The lowest BCUT2D eigenvalue weighted by atomic mass is 9.81. The van der Waals surface area contributed by atoms with Crippen LogP contribution in [0.3, 0.4) is 0 Å². The molecule has 1 heterocycles. The van der Waals surface area contributed by atoms with Crippen molar-refractivity contribution in [3.63, 3.8) is 0 Å². The van der Waals surface area contributed by atoms with Crippen molar-refractivity contribution >= 4 is 39.4 Å². The van der Waals surface area contributed by atoms with Crippen LogP contribution < -0.4 is 11.1 Å². The summed E-state index contributed by atoms with van der Waals surface area (Å²) in [5.74, 6) is -3.14. The van der Waals surface area contributed by atoms with E-state index in [1.54, 1.807) is 24.3 Å². The van der Waals surface area contributed by atoms with Gasteiger partial charge in [-0.25, -0.2) is 0 Å². The van der Waals surface area contributed by atoms with E-state index in [0.29, 0.717) is 16.8 Å². The normalized spacial score (nSPS) is 18.4. The summed E-state index contributed by atoms with van der Waals surface area (Å²) in [6.07, 6.45) is 3.28. The first-order chi connectivity index (χ1) is 13.9. The Bertz CT molecular complexity index is 981. The van der Waals surface area contributed by atoms with Gasteiger partial charge in [-0.05, 0) is 35.4 Å². The van der Waals surface area contributed by atoms with Crippen molar-refractivity contribution < 1.29 is 19.1 Å². The molecule has 148 valence electrons. The fourth-order valence-electron chi connectivity index (χ4n) is 3.13. The van der Waals surface area contributed by atoms with Crippen molar-refractivity contribution in [2.24, 2.45) is 11.7 Å². The van der Waals surface area contributed by atoms with Crippen LogP contribution >= 0.6 is 15.9 Å². The third kappa shape index (κ3) is 4.63. The minimum absolute atomic E-state index is 0.0286. The Hall–Kier alpha value is -3.19. The summed E-state index contributed by atoms with van der Waals surface area (Å²) in [5.41, 5.74) is 7.69. The number of benzene rings is 2. The van der Waals surface area contributed by atoms with Gasteiger partial charge in [0, 0.05) is 21.7 Å². The Morgan fingerprint density at radius 2 is 1.79 bits per heavy atom. The number of rotatable bonds is 6. The second kappa shape index (κ2) is 8.87. The predicted octanol–water partition coefficient (Wildman–Crippen LogP) is 3.15. The van der Waals surface area contributed by atoms with Gasteiger partial charge in [0.15, 0.2) is 0 Å². The lowest BCUT2D eigenvalue weighted by Gasteiger charge is -2.29. The number of nitrogens with two attached hydrogens (primary N) is 1. The highest BCUT2D eigenvalue weighted by Crippen LogP contribution is 2.35. The van der Waals surface area contributed by atoms with E-state index in [0.717, 1.165) is 10.0 Å². The number of nitrogens with one attached hydrogen (secondary N) is 1. The Balaban J connectivity index is 2.01. The lowest BCUT2D eigenvalue weighted by molar-refractivity contribution is -0.152. The second-order valence-corrected chi connectivity index (χ2v) is 7.40. The first-order valence-electron chi connectivity index (χ1n) is 8.86. The molecular weight excluding hydrogens is 436 g/mol. The van der Waals surface area contributed by atoms with Crippen LogP contribution in [0.25, 0.3) is 5.70 Å². The molecule has 2 aromatic carbocycles. The van der Waals surface area contributed by atoms with Gasteiger partial charge in [-0.1, -0.05) is 58.9 Å². The van der Waals surface area contributed by atoms with Gasteiger partial charge in [0.05, 0.1) is 0 Å². The fourth-order valence-corrected chi connectivity index (χ4v) is 3.40. The quantitative estimate of drug-likeness (QED) is 0.397. The zero-order chi connectivity index (χ0) is 21.0. The number of hydrogen-bond acceptors (Lipinski definition) is 4. The summed E-state index contributed by atoms with van der Waals surface area (Å²) in [6, 6.07) is 14.0. The lowest BCUT2D eigenvalue weighted by Crippen LogP contribution is -2.42. The molecule has 0 aromatic heterocycles. The number of carbonyl (C=O) groups excluding carboxylic acids is 3.